The molecule has 9 heteroatoms. The second-order valence-electron chi connectivity index (χ2n) is 9.11. The fraction of sp³-hybridized carbons (Fsp3) is 0.286. The van der Waals surface area contributed by atoms with Gasteiger partial charge in [-0.3, -0.25) is 9.79 Å². The maximum Gasteiger partial charge on any atom is 0.256 e. The number of ether oxygens (including phenoxy) is 2. The van der Waals surface area contributed by atoms with Gasteiger partial charge < -0.3 is 24.6 Å². The van der Waals surface area contributed by atoms with Crippen LogP contribution in [-0.2, 0) is 6.54 Å². The molecule has 3 aromatic rings. The zero-order valence-electron chi connectivity index (χ0n) is 21.0. The number of hydrogen-bond acceptors (Lipinski definition) is 6. The Balaban J connectivity index is 1.33. The van der Waals surface area contributed by atoms with E-state index in [0.29, 0.717) is 22.5 Å². The van der Waals surface area contributed by atoms with Crippen LogP contribution in [0, 0.1) is 11.6 Å². The standard InChI is InChI=1S/C28H28F2N4O3/c1-33-10-12-34(13-11-33)20-7-4-17(5-8-20)28(35)32-27-21-9-6-18(14-19(21)16-31-27)24-25(29)22(36-2)15-23(37-3)26(24)30/h4-9,14-15H,10-13,16H2,1-3H3,(H,31,32,35). The van der Waals surface area contributed by atoms with Gasteiger partial charge in [0.05, 0.1) is 26.3 Å². The smallest absolute Gasteiger partial charge is 0.256 e. The van der Waals surface area contributed by atoms with Crippen molar-refractivity contribution >= 4 is 17.4 Å². The maximum absolute atomic E-state index is 15.0. The van der Waals surface area contributed by atoms with E-state index in [9.17, 15) is 13.6 Å². The highest BCUT2D eigenvalue weighted by atomic mass is 19.1. The molecule has 0 atom stereocenters. The minimum atomic E-state index is -0.812. The van der Waals surface area contributed by atoms with Gasteiger partial charge in [-0.1, -0.05) is 12.1 Å². The highest BCUT2D eigenvalue weighted by molar-refractivity contribution is 6.14. The van der Waals surface area contributed by atoms with Crippen LogP contribution in [0.1, 0.15) is 21.5 Å². The lowest BCUT2D eigenvalue weighted by Gasteiger charge is -2.34. The largest absolute Gasteiger partial charge is 0.494 e. The number of aliphatic imine (C=N–C) groups is 1. The summed E-state index contributed by atoms with van der Waals surface area (Å²) in [5.41, 5.74) is 3.17. The van der Waals surface area contributed by atoms with Crippen LogP contribution in [0.5, 0.6) is 11.5 Å². The molecule has 0 aliphatic carbocycles. The van der Waals surface area contributed by atoms with Gasteiger partial charge in [0.15, 0.2) is 23.1 Å². The highest BCUT2D eigenvalue weighted by Gasteiger charge is 2.25. The van der Waals surface area contributed by atoms with Crippen LogP contribution in [0.4, 0.5) is 14.5 Å². The molecule has 0 saturated carbocycles. The number of carbonyl (C=O) groups excluding carboxylic acids is 1. The first-order chi connectivity index (χ1) is 17.9. The summed E-state index contributed by atoms with van der Waals surface area (Å²) in [5, 5.41) is 2.88. The van der Waals surface area contributed by atoms with Crippen molar-refractivity contribution in [1.82, 2.24) is 10.2 Å². The van der Waals surface area contributed by atoms with Gasteiger partial charge in [-0.25, -0.2) is 8.78 Å². The number of amidine groups is 1. The number of nitrogens with zero attached hydrogens (tertiary/aromatic N) is 3. The number of nitrogens with one attached hydrogen (secondary N) is 1. The molecule has 2 aliphatic heterocycles. The summed E-state index contributed by atoms with van der Waals surface area (Å²) in [6.45, 7) is 4.20. The van der Waals surface area contributed by atoms with Crippen molar-refractivity contribution in [1.29, 1.82) is 0 Å². The van der Waals surface area contributed by atoms with Gasteiger partial charge in [-0.05, 0) is 48.5 Å². The second-order valence-corrected chi connectivity index (χ2v) is 9.11. The molecule has 37 heavy (non-hydrogen) atoms. The van der Waals surface area contributed by atoms with Gasteiger partial charge in [0, 0.05) is 49.1 Å². The van der Waals surface area contributed by atoms with E-state index >= 15 is 0 Å². The molecule has 7 nitrogen and oxygen atoms in total. The zero-order valence-corrected chi connectivity index (χ0v) is 21.0. The minimum absolute atomic E-state index is 0.114. The lowest BCUT2D eigenvalue weighted by atomic mass is 9.98. The molecule has 2 aliphatic rings. The van der Waals surface area contributed by atoms with Crippen molar-refractivity contribution in [3.05, 3.63) is 76.9 Å². The normalized spacial score (nSPS) is 15.3. The van der Waals surface area contributed by atoms with Crippen molar-refractivity contribution < 1.29 is 23.0 Å². The molecule has 1 saturated heterocycles. The van der Waals surface area contributed by atoms with Crippen molar-refractivity contribution in [2.75, 3.05) is 52.3 Å². The molecule has 0 radical (unpaired) electrons. The number of likely N-dealkylation sites (N-methyl/N-ethyl adjacent to an activating group) is 1. The van der Waals surface area contributed by atoms with E-state index in [1.165, 1.54) is 20.3 Å². The SMILES string of the molecule is COc1cc(OC)c(F)c(-c2ccc3c(c2)CN=C3NC(=O)c2ccc(N3CCN(C)CC3)cc2)c1F. The van der Waals surface area contributed by atoms with Gasteiger partial charge in [-0.2, -0.15) is 0 Å². The number of fused-ring (bicyclic) bond motifs is 1. The summed E-state index contributed by atoms with van der Waals surface area (Å²) in [5.74, 6) is -1.69. The van der Waals surface area contributed by atoms with E-state index in [2.05, 4.69) is 27.2 Å². The number of methoxy groups -OCH3 is 2. The van der Waals surface area contributed by atoms with Crippen LogP contribution in [0.2, 0.25) is 0 Å². The second kappa shape index (κ2) is 10.2. The molecule has 2 heterocycles. The molecule has 5 rings (SSSR count). The zero-order chi connectivity index (χ0) is 26.1. The Labute approximate surface area is 214 Å². The van der Waals surface area contributed by atoms with Crippen molar-refractivity contribution in [3.63, 3.8) is 0 Å². The van der Waals surface area contributed by atoms with Crippen molar-refractivity contribution in [2.45, 2.75) is 6.54 Å². The van der Waals surface area contributed by atoms with Gasteiger partial charge in [0.2, 0.25) is 0 Å². The molecular weight excluding hydrogens is 478 g/mol. The molecule has 0 unspecified atom stereocenters. The minimum Gasteiger partial charge on any atom is -0.494 e. The predicted octanol–water partition coefficient (Wildman–Crippen LogP) is 4.09. The third-order valence-electron chi connectivity index (χ3n) is 6.86. The average Bonchev–Trinajstić information content (AvgIpc) is 3.31. The van der Waals surface area contributed by atoms with Crippen molar-refractivity contribution in [2.24, 2.45) is 4.99 Å². The topological polar surface area (TPSA) is 66.4 Å². The molecule has 1 N–H and O–H groups in total. The van der Waals surface area contributed by atoms with Gasteiger partial charge in [0.25, 0.3) is 5.91 Å². The number of carbonyl (C=O) groups is 1. The van der Waals surface area contributed by atoms with Crippen LogP contribution in [0.15, 0.2) is 53.5 Å². The summed E-state index contributed by atoms with van der Waals surface area (Å²) >= 11 is 0. The number of benzene rings is 3. The number of hydrogen-bond donors (Lipinski definition) is 1. The lowest BCUT2D eigenvalue weighted by molar-refractivity contribution is 0.0977. The van der Waals surface area contributed by atoms with Crippen LogP contribution in [0.3, 0.4) is 0 Å². The number of anilines is 1. The Hall–Kier alpha value is -3.98. The quantitative estimate of drug-likeness (QED) is 0.565. The Bertz CT molecular complexity index is 1340. The summed E-state index contributed by atoms with van der Waals surface area (Å²) in [4.78, 5) is 22.0. The van der Waals surface area contributed by atoms with E-state index in [-0.39, 0.29) is 29.5 Å². The Morgan fingerprint density at radius 3 is 2.19 bits per heavy atom. The van der Waals surface area contributed by atoms with Gasteiger partial charge in [0.1, 0.15) is 5.84 Å². The summed E-state index contributed by atoms with van der Waals surface area (Å²) in [7, 11) is 4.73. The third-order valence-corrected chi connectivity index (χ3v) is 6.86. The predicted molar refractivity (Wildman–Crippen MR) is 139 cm³/mol. The number of rotatable bonds is 5. The summed E-state index contributed by atoms with van der Waals surface area (Å²) in [6, 6.07) is 13.7. The molecule has 1 amide bonds. The van der Waals surface area contributed by atoms with Crippen LogP contribution < -0.4 is 19.7 Å². The number of amides is 1. The maximum atomic E-state index is 15.0. The van der Waals surface area contributed by atoms with E-state index in [4.69, 9.17) is 9.47 Å². The van der Waals surface area contributed by atoms with Gasteiger partial charge >= 0.3 is 0 Å². The molecule has 3 aromatic carbocycles. The Morgan fingerprint density at radius 1 is 0.919 bits per heavy atom. The first kappa shape index (κ1) is 24.7. The average molecular weight is 507 g/mol. The molecule has 1 fully saturated rings. The van der Waals surface area contributed by atoms with Crippen molar-refractivity contribution in [3.8, 4) is 22.6 Å². The fourth-order valence-corrected chi connectivity index (χ4v) is 4.67. The third kappa shape index (κ3) is 4.74. The molecule has 0 spiro atoms. The monoisotopic (exact) mass is 506 g/mol. The first-order valence-electron chi connectivity index (χ1n) is 12.0. The molecule has 192 valence electrons. The van der Waals surface area contributed by atoms with E-state index < -0.39 is 11.6 Å². The van der Waals surface area contributed by atoms with Crippen LogP contribution in [0.25, 0.3) is 11.1 Å². The fourth-order valence-electron chi connectivity index (χ4n) is 4.67. The van der Waals surface area contributed by atoms with Gasteiger partial charge in [-0.15, -0.1) is 0 Å². The van der Waals surface area contributed by atoms with Crippen LogP contribution in [-0.4, -0.2) is 64.1 Å². The Morgan fingerprint density at radius 2 is 1.57 bits per heavy atom. The number of piperazine rings is 1. The van der Waals surface area contributed by atoms with Crippen LogP contribution >= 0.6 is 0 Å². The van der Waals surface area contributed by atoms with E-state index in [1.807, 2.05) is 24.3 Å². The number of halogens is 2. The molecular formula is C28H28F2N4O3. The van der Waals surface area contributed by atoms with E-state index in [1.54, 1.807) is 18.2 Å². The summed E-state index contributed by atoms with van der Waals surface area (Å²) in [6.07, 6.45) is 0. The molecule has 0 bridgehead atoms. The Kier molecular flexibility index (Phi) is 6.80. The van der Waals surface area contributed by atoms with E-state index in [0.717, 1.165) is 37.4 Å². The first-order valence-corrected chi connectivity index (χ1v) is 12.0. The highest BCUT2D eigenvalue weighted by Crippen LogP contribution is 2.38. The summed E-state index contributed by atoms with van der Waals surface area (Å²) < 4.78 is 40.1. The lowest BCUT2D eigenvalue weighted by Crippen LogP contribution is -2.44. The molecule has 0 aromatic heterocycles.